The second-order valence-electron chi connectivity index (χ2n) is 5.18. The van der Waals surface area contributed by atoms with Crippen molar-refractivity contribution < 1.29 is 8.42 Å². The van der Waals surface area contributed by atoms with Gasteiger partial charge in [-0.1, -0.05) is 60.1 Å². The van der Waals surface area contributed by atoms with Crippen molar-refractivity contribution in [3.8, 4) is 0 Å². The molecule has 0 aliphatic carbocycles. The summed E-state index contributed by atoms with van der Waals surface area (Å²) in [7, 11) is -3.49. The molecule has 0 saturated heterocycles. The summed E-state index contributed by atoms with van der Waals surface area (Å²) in [5.41, 5.74) is 2.19. The Balaban J connectivity index is 2.08. The fourth-order valence-electron chi connectivity index (χ4n) is 1.92. The molecular weight excluding hydrogens is 350 g/mol. The number of halogens is 1. The van der Waals surface area contributed by atoms with E-state index < -0.39 is 10.0 Å². The molecule has 0 spiro atoms. The molecule has 0 amide bonds. The van der Waals surface area contributed by atoms with Crippen LogP contribution in [-0.2, 0) is 16.6 Å². The predicted octanol–water partition coefficient (Wildman–Crippen LogP) is 4.05. The van der Waals surface area contributed by atoms with E-state index in [1.165, 1.54) is 5.56 Å². The van der Waals surface area contributed by atoms with Gasteiger partial charge in [-0.25, -0.2) is 13.1 Å². The summed E-state index contributed by atoms with van der Waals surface area (Å²) in [5.74, 6) is 0.470. The highest BCUT2D eigenvalue weighted by Crippen LogP contribution is 2.17. The molecule has 2 aromatic rings. The molecule has 0 bridgehead atoms. The van der Waals surface area contributed by atoms with Crippen LogP contribution in [-0.4, -0.2) is 8.42 Å². The summed E-state index contributed by atoms with van der Waals surface area (Å²) < 4.78 is 27.8. The Hall–Kier alpha value is -1.17. The van der Waals surface area contributed by atoms with E-state index in [-0.39, 0.29) is 11.4 Å². The van der Waals surface area contributed by atoms with Gasteiger partial charge in [0.25, 0.3) is 0 Å². The lowest BCUT2D eigenvalue weighted by Crippen LogP contribution is -2.23. The van der Waals surface area contributed by atoms with Gasteiger partial charge in [0.1, 0.15) is 0 Å². The maximum atomic E-state index is 12.2. The summed E-state index contributed by atoms with van der Waals surface area (Å²) in [6.45, 7) is 4.54. The number of nitrogens with one attached hydrogen (secondary N) is 1. The van der Waals surface area contributed by atoms with Crippen LogP contribution in [0.5, 0.6) is 0 Å². The summed E-state index contributed by atoms with van der Waals surface area (Å²) >= 11 is 3.28. The maximum Gasteiger partial charge on any atom is 0.240 e. The molecule has 0 aliphatic heterocycles. The molecular formula is C16H18BrNO2S. The van der Waals surface area contributed by atoms with Crippen LogP contribution in [0.1, 0.15) is 30.9 Å². The number of benzene rings is 2. The molecule has 2 rings (SSSR count). The molecule has 112 valence electrons. The monoisotopic (exact) mass is 367 g/mol. The topological polar surface area (TPSA) is 46.2 Å². The SMILES string of the molecule is CC(C)c1ccc(CNS(=O)(=O)c2cccc(Br)c2)cc1. The second-order valence-corrected chi connectivity index (χ2v) is 7.86. The standard InChI is InChI=1S/C16H18BrNO2S/c1-12(2)14-8-6-13(7-9-14)11-18-21(19,20)16-5-3-4-15(17)10-16/h3-10,12,18H,11H2,1-2H3. The van der Waals surface area contributed by atoms with Crippen molar-refractivity contribution >= 4 is 26.0 Å². The number of sulfonamides is 1. The average molecular weight is 368 g/mol. The van der Waals surface area contributed by atoms with Gasteiger partial charge < -0.3 is 0 Å². The minimum Gasteiger partial charge on any atom is -0.207 e. The van der Waals surface area contributed by atoms with Crippen LogP contribution in [0.3, 0.4) is 0 Å². The first-order valence-electron chi connectivity index (χ1n) is 6.72. The van der Waals surface area contributed by atoms with Crippen molar-refractivity contribution in [3.05, 3.63) is 64.1 Å². The lowest BCUT2D eigenvalue weighted by molar-refractivity contribution is 0.581. The summed E-state index contributed by atoms with van der Waals surface area (Å²) in [5, 5.41) is 0. The number of hydrogen-bond donors (Lipinski definition) is 1. The molecule has 3 nitrogen and oxygen atoms in total. The Morgan fingerprint density at radius 3 is 2.33 bits per heavy atom. The molecule has 0 saturated carbocycles. The molecule has 0 aliphatic rings. The van der Waals surface area contributed by atoms with Crippen molar-refractivity contribution in [2.45, 2.75) is 31.2 Å². The minimum atomic E-state index is -3.49. The first-order valence-corrected chi connectivity index (χ1v) is 9.00. The maximum absolute atomic E-state index is 12.2. The van der Waals surface area contributed by atoms with E-state index in [4.69, 9.17) is 0 Å². The molecule has 0 radical (unpaired) electrons. The van der Waals surface area contributed by atoms with E-state index in [1.54, 1.807) is 24.3 Å². The third-order valence-corrected chi connectivity index (χ3v) is 5.11. The van der Waals surface area contributed by atoms with Crippen LogP contribution in [0.25, 0.3) is 0 Å². The Kier molecular flexibility index (Phi) is 5.19. The molecule has 21 heavy (non-hydrogen) atoms. The molecule has 5 heteroatoms. The van der Waals surface area contributed by atoms with Crippen molar-refractivity contribution in [3.63, 3.8) is 0 Å². The number of rotatable bonds is 5. The first kappa shape index (κ1) is 16.2. The molecule has 1 N–H and O–H groups in total. The van der Waals surface area contributed by atoms with E-state index in [0.717, 1.165) is 10.0 Å². The van der Waals surface area contributed by atoms with Gasteiger partial charge in [-0.3, -0.25) is 0 Å². The fraction of sp³-hybridized carbons (Fsp3) is 0.250. The van der Waals surface area contributed by atoms with E-state index >= 15 is 0 Å². The fourth-order valence-corrected chi connectivity index (χ4v) is 3.53. The summed E-state index contributed by atoms with van der Waals surface area (Å²) in [4.78, 5) is 0.260. The summed E-state index contributed by atoms with van der Waals surface area (Å²) in [6.07, 6.45) is 0. The first-order chi connectivity index (χ1) is 9.88. The summed E-state index contributed by atoms with van der Waals surface area (Å²) in [6, 6.07) is 14.7. The van der Waals surface area contributed by atoms with Crippen LogP contribution >= 0.6 is 15.9 Å². The molecule has 0 heterocycles. The minimum absolute atomic E-state index is 0.260. The van der Waals surface area contributed by atoms with Gasteiger partial charge in [-0.05, 0) is 35.2 Å². The van der Waals surface area contributed by atoms with Gasteiger partial charge in [-0.2, -0.15) is 0 Å². The van der Waals surface area contributed by atoms with Crippen LogP contribution < -0.4 is 4.72 Å². The zero-order valence-electron chi connectivity index (χ0n) is 12.0. The van der Waals surface area contributed by atoms with Crippen LogP contribution in [0.4, 0.5) is 0 Å². The molecule has 0 atom stereocenters. The normalized spacial score (nSPS) is 11.8. The van der Waals surface area contributed by atoms with Crippen LogP contribution in [0.2, 0.25) is 0 Å². The Morgan fingerprint density at radius 1 is 1.10 bits per heavy atom. The lowest BCUT2D eigenvalue weighted by atomic mass is 10.0. The van der Waals surface area contributed by atoms with Crippen molar-refractivity contribution in [1.29, 1.82) is 0 Å². The van der Waals surface area contributed by atoms with Crippen LogP contribution in [0, 0.1) is 0 Å². The van der Waals surface area contributed by atoms with Gasteiger partial charge in [0.2, 0.25) is 10.0 Å². The van der Waals surface area contributed by atoms with E-state index in [1.807, 2.05) is 24.3 Å². The van der Waals surface area contributed by atoms with Gasteiger partial charge in [0.15, 0.2) is 0 Å². The highest BCUT2D eigenvalue weighted by Gasteiger charge is 2.13. The van der Waals surface area contributed by atoms with E-state index in [9.17, 15) is 8.42 Å². The lowest BCUT2D eigenvalue weighted by Gasteiger charge is -2.09. The zero-order valence-corrected chi connectivity index (χ0v) is 14.4. The molecule has 0 fully saturated rings. The molecule has 2 aromatic carbocycles. The Labute approximate surface area is 134 Å². The van der Waals surface area contributed by atoms with Gasteiger partial charge in [-0.15, -0.1) is 0 Å². The van der Waals surface area contributed by atoms with E-state index in [0.29, 0.717) is 5.92 Å². The number of hydrogen-bond acceptors (Lipinski definition) is 2. The quantitative estimate of drug-likeness (QED) is 0.866. The molecule has 0 aromatic heterocycles. The highest BCUT2D eigenvalue weighted by atomic mass is 79.9. The Bertz CT molecular complexity index is 709. The third kappa shape index (κ3) is 4.40. The zero-order chi connectivity index (χ0) is 15.5. The molecule has 0 unspecified atom stereocenters. The van der Waals surface area contributed by atoms with Crippen molar-refractivity contribution in [1.82, 2.24) is 4.72 Å². The predicted molar refractivity (Wildman–Crippen MR) is 88.7 cm³/mol. The van der Waals surface area contributed by atoms with Gasteiger partial charge in [0, 0.05) is 11.0 Å². The largest absolute Gasteiger partial charge is 0.240 e. The van der Waals surface area contributed by atoms with E-state index in [2.05, 4.69) is 34.5 Å². The van der Waals surface area contributed by atoms with Gasteiger partial charge in [0.05, 0.1) is 4.90 Å². The Morgan fingerprint density at radius 2 is 1.76 bits per heavy atom. The average Bonchev–Trinajstić information content (AvgIpc) is 2.45. The third-order valence-electron chi connectivity index (χ3n) is 3.22. The smallest absolute Gasteiger partial charge is 0.207 e. The van der Waals surface area contributed by atoms with Gasteiger partial charge >= 0.3 is 0 Å². The highest BCUT2D eigenvalue weighted by molar-refractivity contribution is 9.10. The second kappa shape index (κ2) is 6.73. The van der Waals surface area contributed by atoms with Crippen molar-refractivity contribution in [2.75, 3.05) is 0 Å². The van der Waals surface area contributed by atoms with Crippen molar-refractivity contribution in [2.24, 2.45) is 0 Å². The van der Waals surface area contributed by atoms with Crippen LogP contribution in [0.15, 0.2) is 57.9 Å².